The second kappa shape index (κ2) is 5.71. The predicted molar refractivity (Wildman–Crippen MR) is 67.1 cm³/mol. The van der Waals surface area contributed by atoms with Crippen molar-refractivity contribution < 1.29 is 19.4 Å². The number of allylic oxidation sites excluding steroid dienone is 2. The van der Waals surface area contributed by atoms with E-state index in [4.69, 9.17) is 4.74 Å². The summed E-state index contributed by atoms with van der Waals surface area (Å²) in [7, 11) is 0. The van der Waals surface area contributed by atoms with E-state index in [1.165, 1.54) is 23.3 Å². The molecule has 1 heterocycles. The third-order valence-electron chi connectivity index (χ3n) is 2.54. The Morgan fingerprint density at radius 1 is 1.32 bits per heavy atom. The fourth-order valence-corrected chi connectivity index (χ4v) is 1.69. The van der Waals surface area contributed by atoms with Gasteiger partial charge in [0.05, 0.1) is 12.8 Å². The van der Waals surface area contributed by atoms with Crippen LogP contribution in [0.4, 0.5) is 0 Å². The van der Waals surface area contributed by atoms with Gasteiger partial charge < -0.3 is 9.84 Å². The van der Waals surface area contributed by atoms with Gasteiger partial charge in [-0.25, -0.2) is 9.59 Å². The van der Waals surface area contributed by atoms with E-state index in [0.29, 0.717) is 0 Å². The summed E-state index contributed by atoms with van der Waals surface area (Å²) < 4.78 is 5.04. The number of carboxylic acids is 1. The van der Waals surface area contributed by atoms with Gasteiger partial charge >= 0.3 is 5.97 Å². The van der Waals surface area contributed by atoms with Crippen LogP contribution in [-0.4, -0.2) is 21.9 Å². The van der Waals surface area contributed by atoms with Crippen molar-refractivity contribution in [2.45, 2.75) is 6.54 Å². The maximum Gasteiger partial charge on any atom is 0.352 e. The van der Waals surface area contributed by atoms with Crippen molar-refractivity contribution in [3.8, 4) is 0 Å². The van der Waals surface area contributed by atoms with Crippen LogP contribution in [0.15, 0.2) is 60.3 Å². The fraction of sp³-hybridized carbons (Fsp3) is 0.0714. The van der Waals surface area contributed by atoms with E-state index < -0.39 is 5.97 Å². The van der Waals surface area contributed by atoms with E-state index in [-0.39, 0.29) is 18.1 Å². The standard InChI is InChI=1S/C14H11NO4/c16-10-13-15(9-11-5-2-1-3-6-11)12(14(17)18)7-4-8-19-13/h1-8H,9H2,(H,17,18). The van der Waals surface area contributed by atoms with Crippen molar-refractivity contribution in [1.29, 1.82) is 0 Å². The Hall–Kier alpha value is -2.78. The Balaban J connectivity index is 2.36. The number of carboxylic acid groups (broad SMARTS) is 1. The minimum Gasteiger partial charge on any atom is -0.477 e. The molecule has 1 aliphatic rings. The molecule has 0 aliphatic carbocycles. The average Bonchev–Trinajstić information content (AvgIpc) is 2.62. The number of rotatable bonds is 3. The van der Waals surface area contributed by atoms with Gasteiger partial charge in [-0.3, -0.25) is 4.90 Å². The molecule has 0 atom stereocenters. The molecule has 0 unspecified atom stereocenters. The van der Waals surface area contributed by atoms with Crippen LogP contribution in [0, 0.1) is 0 Å². The molecular formula is C14H11NO4. The lowest BCUT2D eigenvalue weighted by atomic mass is 10.2. The molecule has 1 aliphatic heterocycles. The van der Waals surface area contributed by atoms with Crippen molar-refractivity contribution in [3.63, 3.8) is 0 Å². The highest BCUT2D eigenvalue weighted by molar-refractivity contribution is 5.87. The molecule has 0 saturated carbocycles. The molecule has 2 rings (SSSR count). The molecule has 0 saturated heterocycles. The molecule has 19 heavy (non-hydrogen) atoms. The lowest BCUT2D eigenvalue weighted by Crippen LogP contribution is -2.27. The van der Waals surface area contributed by atoms with Gasteiger partial charge in [-0.1, -0.05) is 30.3 Å². The van der Waals surface area contributed by atoms with Crippen LogP contribution in [-0.2, 0) is 20.9 Å². The number of hydrogen-bond acceptors (Lipinski definition) is 4. The summed E-state index contributed by atoms with van der Waals surface area (Å²) in [6, 6.07) is 9.19. The Morgan fingerprint density at radius 3 is 2.68 bits per heavy atom. The zero-order valence-corrected chi connectivity index (χ0v) is 9.95. The monoisotopic (exact) mass is 257 g/mol. The number of benzene rings is 1. The summed E-state index contributed by atoms with van der Waals surface area (Å²) in [5, 5.41) is 9.18. The lowest BCUT2D eigenvalue weighted by Gasteiger charge is -2.22. The topological polar surface area (TPSA) is 66.8 Å². The third kappa shape index (κ3) is 2.91. The average molecular weight is 257 g/mol. The van der Waals surface area contributed by atoms with Crippen LogP contribution in [0.25, 0.3) is 0 Å². The zero-order chi connectivity index (χ0) is 13.7. The minimum absolute atomic E-state index is 0.0454. The molecular weight excluding hydrogens is 246 g/mol. The van der Waals surface area contributed by atoms with Gasteiger partial charge in [0, 0.05) is 0 Å². The number of aliphatic carboxylic acids is 1. The molecule has 1 N–H and O–H groups in total. The molecule has 0 aromatic heterocycles. The molecule has 0 radical (unpaired) electrons. The molecule has 96 valence electrons. The van der Waals surface area contributed by atoms with Crippen LogP contribution in [0.1, 0.15) is 5.56 Å². The van der Waals surface area contributed by atoms with Gasteiger partial charge in [-0.15, -0.1) is 0 Å². The minimum atomic E-state index is -1.14. The summed E-state index contributed by atoms with van der Waals surface area (Å²) in [5.74, 6) is 0.299. The molecule has 0 fully saturated rings. The number of nitrogens with zero attached hydrogens (tertiary/aromatic N) is 1. The van der Waals surface area contributed by atoms with E-state index in [1.54, 1.807) is 5.94 Å². The van der Waals surface area contributed by atoms with Gasteiger partial charge in [0.1, 0.15) is 5.70 Å². The number of hydrogen-bond donors (Lipinski definition) is 1. The van der Waals surface area contributed by atoms with Gasteiger partial charge in [0.15, 0.2) is 5.94 Å². The molecule has 0 bridgehead atoms. The van der Waals surface area contributed by atoms with Crippen LogP contribution in [0.5, 0.6) is 0 Å². The van der Waals surface area contributed by atoms with Crippen LogP contribution in [0.3, 0.4) is 0 Å². The first-order valence-electron chi connectivity index (χ1n) is 5.55. The SMILES string of the molecule is O=C=C1OC=CC=C(C(=O)O)N1Cc1ccccc1. The van der Waals surface area contributed by atoms with Gasteiger partial charge in [0.25, 0.3) is 5.88 Å². The number of carbonyl (C=O) groups is 1. The Kier molecular flexibility index (Phi) is 3.81. The largest absolute Gasteiger partial charge is 0.477 e. The number of ether oxygens (including phenoxy) is 1. The van der Waals surface area contributed by atoms with E-state index in [1.807, 2.05) is 30.3 Å². The summed E-state index contributed by atoms with van der Waals surface area (Å²) in [5.41, 5.74) is 0.809. The lowest BCUT2D eigenvalue weighted by molar-refractivity contribution is -0.134. The highest BCUT2D eigenvalue weighted by atomic mass is 16.5. The van der Waals surface area contributed by atoms with E-state index in [9.17, 15) is 14.7 Å². The molecule has 5 heteroatoms. The van der Waals surface area contributed by atoms with Crippen molar-refractivity contribution >= 4 is 11.9 Å². The van der Waals surface area contributed by atoms with Crippen molar-refractivity contribution in [2.24, 2.45) is 0 Å². The van der Waals surface area contributed by atoms with Crippen molar-refractivity contribution in [2.75, 3.05) is 0 Å². The summed E-state index contributed by atoms with van der Waals surface area (Å²) in [6.45, 7) is 0.214. The maximum atomic E-state index is 11.2. The first-order chi connectivity index (χ1) is 9.22. The summed E-state index contributed by atoms with van der Waals surface area (Å²) in [4.78, 5) is 23.4. The predicted octanol–water partition coefficient (Wildman–Crippen LogP) is 1.67. The smallest absolute Gasteiger partial charge is 0.352 e. The highest BCUT2D eigenvalue weighted by Crippen LogP contribution is 2.20. The first kappa shape index (κ1) is 12.7. The molecule has 1 aromatic rings. The molecule has 1 aromatic carbocycles. The Bertz CT molecular complexity index is 583. The zero-order valence-electron chi connectivity index (χ0n) is 9.95. The van der Waals surface area contributed by atoms with Crippen LogP contribution in [0.2, 0.25) is 0 Å². The van der Waals surface area contributed by atoms with Crippen molar-refractivity contribution in [1.82, 2.24) is 4.90 Å². The van der Waals surface area contributed by atoms with Gasteiger partial charge in [-0.05, 0) is 17.7 Å². The maximum absolute atomic E-state index is 11.2. The highest BCUT2D eigenvalue weighted by Gasteiger charge is 2.23. The van der Waals surface area contributed by atoms with Gasteiger partial charge in [-0.2, -0.15) is 0 Å². The second-order valence-electron chi connectivity index (χ2n) is 3.78. The molecule has 0 amide bonds. The van der Waals surface area contributed by atoms with E-state index in [2.05, 4.69) is 0 Å². The second-order valence-corrected chi connectivity index (χ2v) is 3.78. The van der Waals surface area contributed by atoms with E-state index >= 15 is 0 Å². The first-order valence-corrected chi connectivity index (χ1v) is 5.55. The van der Waals surface area contributed by atoms with E-state index in [0.717, 1.165) is 5.56 Å². The fourth-order valence-electron chi connectivity index (χ4n) is 1.69. The van der Waals surface area contributed by atoms with Crippen LogP contribution < -0.4 is 0 Å². The summed E-state index contributed by atoms with van der Waals surface area (Å²) in [6.07, 6.45) is 4.04. The van der Waals surface area contributed by atoms with Gasteiger partial charge in [0.2, 0.25) is 0 Å². The number of carbonyl (C=O) groups excluding carboxylic acids is 1. The normalized spacial score (nSPS) is 14.2. The quantitative estimate of drug-likeness (QED) is 0.834. The Morgan fingerprint density at radius 2 is 2.05 bits per heavy atom. The summed E-state index contributed by atoms with van der Waals surface area (Å²) >= 11 is 0. The molecule has 5 nitrogen and oxygen atoms in total. The third-order valence-corrected chi connectivity index (χ3v) is 2.54. The van der Waals surface area contributed by atoms with Crippen LogP contribution >= 0.6 is 0 Å². The van der Waals surface area contributed by atoms with Crippen molar-refractivity contribution in [3.05, 3.63) is 65.9 Å². The molecule has 0 spiro atoms. The Labute approximate surface area is 109 Å².